The minimum atomic E-state index is -0.771. The first-order chi connectivity index (χ1) is 9.38. The van der Waals surface area contributed by atoms with Crippen LogP contribution in [0.5, 0.6) is 0 Å². The van der Waals surface area contributed by atoms with Crippen LogP contribution >= 0.6 is 0 Å². The van der Waals surface area contributed by atoms with Gasteiger partial charge in [0.25, 0.3) is 0 Å². The van der Waals surface area contributed by atoms with E-state index in [1.807, 2.05) is 11.8 Å². The second-order valence-corrected chi connectivity index (χ2v) is 5.95. The molecule has 0 aromatic carbocycles. The molecule has 2 amide bonds. The Labute approximate surface area is 121 Å². The van der Waals surface area contributed by atoms with Gasteiger partial charge >= 0.3 is 12.0 Å². The van der Waals surface area contributed by atoms with Crippen molar-refractivity contribution in [2.24, 2.45) is 5.92 Å². The number of carboxylic acids is 1. The molecule has 2 N–H and O–H groups in total. The SMILES string of the molecule is CC(C)CC(C)NC(=O)N1CCN(CCC(=O)O)CC1. The highest BCUT2D eigenvalue weighted by molar-refractivity contribution is 5.74. The number of piperazine rings is 1. The highest BCUT2D eigenvalue weighted by atomic mass is 16.4. The molecule has 1 saturated heterocycles. The van der Waals surface area contributed by atoms with Crippen molar-refractivity contribution in [2.75, 3.05) is 32.7 Å². The molecule has 1 aliphatic heterocycles. The molecule has 1 aliphatic rings. The second kappa shape index (κ2) is 8.09. The number of rotatable bonds is 6. The van der Waals surface area contributed by atoms with Crippen molar-refractivity contribution in [1.82, 2.24) is 15.1 Å². The number of aliphatic carboxylic acids is 1. The zero-order valence-electron chi connectivity index (χ0n) is 12.8. The van der Waals surface area contributed by atoms with Crippen LogP contribution in [0.25, 0.3) is 0 Å². The lowest BCUT2D eigenvalue weighted by atomic mass is 10.1. The van der Waals surface area contributed by atoms with Crippen LogP contribution in [0.3, 0.4) is 0 Å². The van der Waals surface area contributed by atoms with Crippen molar-refractivity contribution in [3.63, 3.8) is 0 Å². The number of hydrogen-bond donors (Lipinski definition) is 2. The highest BCUT2D eigenvalue weighted by Gasteiger charge is 2.22. The number of carboxylic acid groups (broad SMARTS) is 1. The van der Waals surface area contributed by atoms with E-state index in [9.17, 15) is 9.59 Å². The first-order valence-electron chi connectivity index (χ1n) is 7.38. The van der Waals surface area contributed by atoms with E-state index in [4.69, 9.17) is 5.11 Å². The molecule has 0 bridgehead atoms. The third kappa shape index (κ3) is 6.23. The first kappa shape index (κ1) is 16.8. The summed E-state index contributed by atoms with van der Waals surface area (Å²) in [7, 11) is 0. The fourth-order valence-electron chi connectivity index (χ4n) is 2.50. The molecule has 0 spiro atoms. The summed E-state index contributed by atoms with van der Waals surface area (Å²) in [6, 6.07) is 0.184. The van der Waals surface area contributed by atoms with Crippen molar-refractivity contribution in [1.29, 1.82) is 0 Å². The summed E-state index contributed by atoms with van der Waals surface area (Å²) in [6.07, 6.45) is 1.14. The van der Waals surface area contributed by atoms with E-state index in [0.717, 1.165) is 19.5 Å². The monoisotopic (exact) mass is 285 g/mol. The lowest BCUT2D eigenvalue weighted by molar-refractivity contribution is -0.137. The molecule has 1 fully saturated rings. The van der Waals surface area contributed by atoms with Crippen molar-refractivity contribution < 1.29 is 14.7 Å². The normalized spacial score (nSPS) is 18.1. The molecule has 0 saturated carbocycles. The minimum Gasteiger partial charge on any atom is -0.481 e. The summed E-state index contributed by atoms with van der Waals surface area (Å²) in [6.45, 7) is 9.71. The fraction of sp³-hybridized carbons (Fsp3) is 0.857. The Morgan fingerprint density at radius 1 is 1.15 bits per heavy atom. The van der Waals surface area contributed by atoms with E-state index in [1.165, 1.54) is 0 Å². The van der Waals surface area contributed by atoms with Gasteiger partial charge in [-0.3, -0.25) is 9.69 Å². The number of carbonyl (C=O) groups excluding carboxylic acids is 1. The Kier molecular flexibility index (Phi) is 6.78. The van der Waals surface area contributed by atoms with E-state index < -0.39 is 5.97 Å². The summed E-state index contributed by atoms with van der Waals surface area (Å²) in [4.78, 5) is 26.5. The number of urea groups is 1. The topological polar surface area (TPSA) is 72.9 Å². The molecule has 1 unspecified atom stereocenters. The maximum Gasteiger partial charge on any atom is 0.317 e. The predicted molar refractivity (Wildman–Crippen MR) is 77.7 cm³/mol. The lowest BCUT2D eigenvalue weighted by Crippen LogP contribution is -2.53. The quantitative estimate of drug-likeness (QED) is 0.769. The van der Waals surface area contributed by atoms with E-state index in [-0.39, 0.29) is 18.5 Å². The van der Waals surface area contributed by atoms with Gasteiger partial charge in [0, 0.05) is 38.8 Å². The van der Waals surface area contributed by atoms with Gasteiger partial charge in [0.1, 0.15) is 0 Å². The Morgan fingerprint density at radius 3 is 2.25 bits per heavy atom. The van der Waals surface area contributed by atoms with Gasteiger partial charge in [-0.05, 0) is 19.3 Å². The summed E-state index contributed by atoms with van der Waals surface area (Å²) in [5.74, 6) is -0.203. The molecule has 6 nitrogen and oxygen atoms in total. The Bertz CT molecular complexity index is 326. The maximum atomic E-state index is 12.1. The van der Waals surface area contributed by atoms with Gasteiger partial charge in [-0.15, -0.1) is 0 Å². The standard InChI is InChI=1S/C14H27N3O3/c1-11(2)10-12(3)15-14(20)17-8-6-16(7-9-17)5-4-13(18)19/h11-12H,4-10H2,1-3H3,(H,15,20)(H,18,19). The van der Waals surface area contributed by atoms with Crippen LogP contribution in [-0.2, 0) is 4.79 Å². The van der Waals surface area contributed by atoms with Crippen LogP contribution in [-0.4, -0.2) is 65.7 Å². The van der Waals surface area contributed by atoms with Crippen LogP contribution < -0.4 is 5.32 Å². The van der Waals surface area contributed by atoms with Crippen molar-refractivity contribution in [2.45, 2.75) is 39.7 Å². The van der Waals surface area contributed by atoms with Gasteiger partial charge in [0.15, 0.2) is 0 Å². The zero-order chi connectivity index (χ0) is 15.1. The molecule has 0 radical (unpaired) electrons. The van der Waals surface area contributed by atoms with Gasteiger partial charge in [0.05, 0.1) is 6.42 Å². The van der Waals surface area contributed by atoms with Crippen molar-refractivity contribution in [3.8, 4) is 0 Å². The fourth-order valence-corrected chi connectivity index (χ4v) is 2.50. The molecular weight excluding hydrogens is 258 g/mol. The van der Waals surface area contributed by atoms with E-state index >= 15 is 0 Å². The van der Waals surface area contributed by atoms with Crippen LogP contribution in [0.4, 0.5) is 4.79 Å². The van der Waals surface area contributed by atoms with Crippen LogP contribution in [0.2, 0.25) is 0 Å². The average molecular weight is 285 g/mol. The molecule has 20 heavy (non-hydrogen) atoms. The summed E-state index contributed by atoms with van der Waals surface area (Å²) >= 11 is 0. The summed E-state index contributed by atoms with van der Waals surface area (Å²) in [5, 5.41) is 11.7. The van der Waals surface area contributed by atoms with E-state index in [1.54, 1.807) is 0 Å². The number of nitrogens with zero attached hydrogens (tertiary/aromatic N) is 2. The molecule has 0 aromatic heterocycles. The third-order valence-corrected chi connectivity index (χ3v) is 3.50. The van der Waals surface area contributed by atoms with Crippen LogP contribution in [0, 0.1) is 5.92 Å². The summed E-state index contributed by atoms with van der Waals surface area (Å²) < 4.78 is 0. The third-order valence-electron chi connectivity index (χ3n) is 3.50. The van der Waals surface area contributed by atoms with Crippen LogP contribution in [0.15, 0.2) is 0 Å². The number of amides is 2. The average Bonchev–Trinajstić information content (AvgIpc) is 2.35. The van der Waals surface area contributed by atoms with Crippen molar-refractivity contribution >= 4 is 12.0 Å². The molecule has 116 valence electrons. The molecule has 1 atom stereocenters. The van der Waals surface area contributed by atoms with E-state index in [0.29, 0.717) is 25.6 Å². The molecular formula is C14H27N3O3. The Hall–Kier alpha value is -1.30. The minimum absolute atomic E-state index is 0.00367. The largest absolute Gasteiger partial charge is 0.481 e. The maximum absolute atomic E-state index is 12.1. The number of carbonyl (C=O) groups is 2. The second-order valence-electron chi connectivity index (χ2n) is 5.95. The predicted octanol–water partition coefficient (Wildman–Crippen LogP) is 1.22. The molecule has 1 rings (SSSR count). The van der Waals surface area contributed by atoms with Gasteiger partial charge in [-0.1, -0.05) is 13.8 Å². The Morgan fingerprint density at radius 2 is 1.75 bits per heavy atom. The van der Waals surface area contributed by atoms with Crippen molar-refractivity contribution in [3.05, 3.63) is 0 Å². The smallest absolute Gasteiger partial charge is 0.317 e. The Balaban J connectivity index is 2.26. The molecule has 0 aliphatic carbocycles. The summed E-state index contributed by atoms with van der Waals surface area (Å²) in [5.41, 5.74) is 0. The molecule has 6 heteroatoms. The van der Waals surface area contributed by atoms with E-state index in [2.05, 4.69) is 24.1 Å². The molecule has 0 aromatic rings. The van der Waals surface area contributed by atoms with Gasteiger partial charge < -0.3 is 15.3 Å². The number of hydrogen-bond acceptors (Lipinski definition) is 3. The zero-order valence-corrected chi connectivity index (χ0v) is 12.8. The lowest BCUT2D eigenvalue weighted by Gasteiger charge is -2.35. The molecule has 1 heterocycles. The van der Waals surface area contributed by atoms with Gasteiger partial charge in [-0.25, -0.2) is 4.79 Å². The first-order valence-corrected chi connectivity index (χ1v) is 7.38. The van der Waals surface area contributed by atoms with Crippen LogP contribution in [0.1, 0.15) is 33.6 Å². The number of nitrogens with one attached hydrogen (secondary N) is 1. The van der Waals surface area contributed by atoms with Gasteiger partial charge in [0.2, 0.25) is 0 Å². The van der Waals surface area contributed by atoms with Gasteiger partial charge in [-0.2, -0.15) is 0 Å². The highest BCUT2D eigenvalue weighted by Crippen LogP contribution is 2.06.